The number of methoxy groups -OCH3 is 1. The fourth-order valence-corrected chi connectivity index (χ4v) is 2.23. The van der Waals surface area contributed by atoms with Gasteiger partial charge in [-0.3, -0.25) is 0 Å². The van der Waals surface area contributed by atoms with E-state index in [1.54, 1.807) is 19.2 Å². The molecule has 3 N–H and O–H groups in total. The minimum atomic E-state index is -0.607. The number of benzene rings is 1. The largest absolute Gasteiger partial charge is 0.495 e. The molecule has 0 spiro atoms. The van der Waals surface area contributed by atoms with Gasteiger partial charge in [-0.2, -0.15) is 0 Å². The monoisotopic (exact) mass is 280 g/mol. The Hall–Kier alpha value is -1.79. The van der Waals surface area contributed by atoms with Gasteiger partial charge >= 0.3 is 6.03 Å². The van der Waals surface area contributed by atoms with Gasteiger partial charge in [0.25, 0.3) is 0 Å². The molecule has 1 heterocycles. The molecular weight excluding hydrogens is 260 g/mol. The fraction of sp³-hybridized carbons (Fsp3) is 0.500. The van der Waals surface area contributed by atoms with E-state index in [1.165, 1.54) is 0 Å². The number of nitrogens with one attached hydrogen (secondary N) is 2. The number of carbonyl (C=O) groups is 1. The molecule has 1 saturated heterocycles. The second kappa shape index (κ2) is 6.58. The van der Waals surface area contributed by atoms with Gasteiger partial charge in [0.15, 0.2) is 0 Å². The third-order valence-corrected chi connectivity index (χ3v) is 3.49. The first-order valence-electron chi connectivity index (χ1n) is 6.60. The summed E-state index contributed by atoms with van der Waals surface area (Å²) in [4.78, 5) is 12.1. The van der Waals surface area contributed by atoms with E-state index in [9.17, 15) is 9.90 Å². The molecule has 6 nitrogen and oxygen atoms in total. The van der Waals surface area contributed by atoms with Gasteiger partial charge in [0, 0.05) is 13.2 Å². The predicted octanol–water partition coefficient (Wildman–Crippen LogP) is 1.36. The Kier molecular flexibility index (Phi) is 4.81. The van der Waals surface area contributed by atoms with Crippen molar-refractivity contribution >= 4 is 11.7 Å². The molecule has 1 aromatic rings. The second-order valence-electron chi connectivity index (χ2n) is 4.83. The van der Waals surface area contributed by atoms with Crippen LogP contribution in [0.3, 0.4) is 0 Å². The van der Waals surface area contributed by atoms with E-state index in [2.05, 4.69) is 10.6 Å². The van der Waals surface area contributed by atoms with E-state index >= 15 is 0 Å². The van der Waals surface area contributed by atoms with Crippen LogP contribution in [-0.4, -0.2) is 43.6 Å². The standard InChI is InChI=1S/C14H20N2O4/c1-19-12-5-3-2-4-11(12)15-13(18)16-14(10-17)6-8-20-9-7-14/h2-5,17H,6-10H2,1H3,(H2,15,16,18). The van der Waals surface area contributed by atoms with Crippen LogP contribution in [0.4, 0.5) is 10.5 Å². The van der Waals surface area contributed by atoms with Gasteiger partial charge in [0.2, 0.25) is 0 Å². The molecular formula is C14H20N2O4. The number of para-hydroxylation sites is 2. The maximum atomic E-state index is 12.1. The minimum absolute atomic E-state index is 0.101. The molecule has 2 amide bonds. The van der Waals surface area contributed by atoms with Crippen molar-refractivity contribution in [3.8, 4) is 5.75 Å². The summed E-state index contributed by atoms with van der Waals surface area (Å²) < 4.78 is 10.4. The number of amides is 2. The quantitative estimate of drug-likeness (QED) is 0.778. The Morgan fingerprint density at radius 3 is 2.75 bits per heavy atom. The molecule has 20 heavy (non-hydrogen) atoms. The average Bonchev–Trinajstić information content (AvgIpc) is 2.48. The fourth-order valence-electron chi connectivity index (χ4n) is 2.23. The van der Waals surface area contributed by atoms with Crippen LogP contribution >= 0.6 is 0 Å². The van der Waals surface area contributed by atoms with Crippen molar-refractivity contribution in [2.24, 2.45) is 0 Å². The lowest BCUT2D eigenvalue weighted by molar-refractivity contribution is 0.0179. The summed E-state index contributed by atoms with van der Waals surface area (Å²) in [5.41, 5.74) is -0.0164. The number of carbonyl (C=O) groups excluding carboxylic acids is 1. The maximum absolute atomic E-state index is 12.1. The highest BCUT2D eigenvalue weighted by Crippen LogP contribution is 2.24. The summed E-state index contributed by atoms with van der Waals surface area (Å²) in [6.07, 6.45) is 1.20. The highest BCUT2D eigenvalue weighted by atomic mass is 16.5. The van der Waals surface area contributed by atoms with Crippen molar-refractivity contribution in [1.82, 2.24) is 5.32 Å². The van der Waals surface area contributed by atoms with Crippen LogP contribution < -0.4 is 15.4 Å². The zero-order valence-electron chi connectivity index (χ0n) is 11.5. The van der Waals surface area contributed by atoms with Gasteiger partial charge in [0.1, 0.15) is 5.75 Å². The average molecular weight is 280 g/mol. The molecule has 0 saturated carbocycles. The number of ether oxygens (including phenoxy) is 2. The smallest absolute Gasteiger partial charge is 0.319 e. The van der Waals surface area contributed by atoms with Gasteiger partial charge in [0.05, 0.1) is 24.9 Å². The van der Waals surface area contributed by atoms with E-state index in [0.717, 1.165) is 0 Å². The van der Waals surface area contributed by atoms with Crippen LogP contribution in [-0.2, 0) is 4.74 Å². The summed E-state index contributed by atoms with van der Waals surface area (Å²) in [6, 6.07) is 6.81. The Morgan fingerprint density at radius 1 is 1.40 bits per heavy atom. The molecule has 110 valence electrons. The molecule has 6 heteroatoms. The molecule has 1 aliphatic heterocycles. The van der Waals surface area contributed by atoms with Crippen LogP contribution in [0.25, 0.3) is 0 Å². The first-order chi connectivity index (χ1) is 9.69. The Labute approximate surface area is 118 Å². The highest BCUT2D eigenvalue weighted by Gasteiger charge is 2.33. The lowest BCUT2D eigenvalue weighted by atomic mass is 9.91. The second-order valence-corrected chi connectivity index (χ2v) is 4.83. The summed E-state index contributed by atoms with van der Waals surface area (Å²) in [5.74, 6) is 0.590. The molecule has 0 aromatic heterocycles. The zero-order valence-corrected chi connectivity index (χ0v) is 11.5. The number of hydrogen-bond acceptors (Lipinski definition) is 4. The zero-order chi connectivity index (χ0) is 14.4. The van der Waals surface area contributed by atoms with Crippen LogP contribution in [0.2, 0.25) is 0 Å². The lowest BCUT2D eigenvalue weighted by Gasteiger charge is -2.36. The first kappa shape index (κ1) is 14.6. The number of anilines is 1. The number of aliphatic hydroxyl groups excluding tert-OH is 1. The summed E-state index contributed by atoms with van der Waals surface area (Å²) in [6.45, 7) is 0.973. The Morgan fingerprint density at radius 2 is 2.10 bits per heavy atom. The van der Waals surface area contributed by atoms with Crippen molar-refractivity contribution in [2.75, 3.05) is 32.2 Å². The Balaban J connectivity index is 2.01. The van der Waals surface area contributed by atoms with E-state index < -0.39 is 5.54 Å². The molecule has 0 radical (unpaired) electrons. The highest BCUT2D eigenvalue weighted by molar-refractivity contribution is 5.91. The van der Waals surface area contributed by atoms with E-state index in [-0.39, 0.29) is 12.6 Å². The first-order valence-corrected chi connectivity index (χ1v) is 6.60. The van der Waals surface area contributed by atoms with Crippen molar-refractivity contribution in [3.05, 3.63) is 24.3 Å². The SMILES string of the molecule is COc1ccccc1NC(=O)NC1(CO)CCOCC1. The molecule has 1 aromatic carbocycles. The number of hydrogen-bond donors (Lipinski definition) is 3. The molecule has 1 aliphatic rings. The van der Waals surface area contributed by atoms with Crippen molar-refractivity contribution < 1.29 is 19.4 Å². The van der Waals surface area contributed by atoms with E-state index in [1.807, 2.05) is 12.1 Å². The van der Waals surface area contributed by atoms with Crippen LogP contribution in [0.15, 0.2) is 24.3 Å². The Bertz CT molecular complexity index is 458. The molecule has 0 aliphatic carbocycles. The van der Waals surface area contributed by atoms with Crippen LogP contribution in [0, 0.1) is 0 Å². The summed E-state index contributed by atoms with van der Waals surface area (Å²) in [5, 5.41) is 15.1. The molecule has 0 atom stereocenters. The third kappa shape index (κ3) is 3.40. The summed E-state index contributed by atoms with van der Waals surface area (Å²) >= 11 is 0. The van der Waals surface area contributed by atoms with Gasteiger partial charge in [-0.05, 0) is 25.0 Å². The van der Waals surface area contributed by atoms with Crippen LogP contribution in [0.5, 0.6) is 5.75 Å². The topological polar surface area (TPSA) is 79.8 Å². The van der Waals surface area contributed by atoms with Crippen molar-refractivity contribution in [1.29, 1.82) is 0 Å². The minimum Gasteiger partial charge on any atom is -0.495 e. The molecule has 0 unspecified atom stereocenters. The molecule has 2 rings (SSSR count). The molecule has 1 fully saturated rings. The van der Waals surface area contributed by atoms with Gasteiger partial charge < -0.3 is 25.2 Å². The number of rotatable bonds is 4. The van der Waals surface area contributed by atoms with Crippen LogP contribution in [0.1, 0.15) is 12.8 Å². The van der Waals surface area contributed by atoms with Crippen molar-refractivity contribution in [2.45, 2.75) is 18.4 Å². The van der Waals surface area contributed by atoms with Gasteiger partial charge in [-0.1, -0.05) is 12.1 Å². The number of urea groups is 1. The molecule has 0 bridgehead atoms. The summed E-state index contributed by atoms with van der Waals surface area (Å²) in [7, 11) is 1.55. The van der Waals surface area contributed by atoms with E-state index in [0.29, 0.717) is 37.5 Å². The van der Waals surface area contributed by atoms with Crippen molar-refractivity contribution in [3.63, 3.8) is 0 Å². The van der Waals surface area contributed by atoms with Gasteiger partial charge in [-0.15, -0.1) is 0 Å². The predicted molar refractivity (Wildman–Crippen MR) is 75.0 cm³/mol. The normalized spacial score (nSPS) is 17.3. The maximum Gasteiger partial charge on any atom is 0.319 e. The third-order valence-electron chi connectivity index (χ3n) is 3.49. The van der Waals surface area contributed by atoms with E-state index in [4.69, 9.17) is 9.47 Å². The van der Waals surface area contributed by atoms with Gasteiger partial charge in [-0.25, -0.2) is 4.79 Å². The number of aliphatic hydroxyl groups is 1. The lowest BCUT2D eigenvalue weighted by Crippen LogP contribution is -2.55.